The highest BCUT2D eigenvalue weighted by atomic mass is 16.6. The van der Waals surface area contributed by atoms with Crippen LogP contribution in [-0.2, 0) is 55.9 Å². The number of carbonyl (C=O) groups excluding carboxylic acids is 4. The van der Waals surface area contributed by atoms with Crippen LogP contribution in [0.25, 0.3) is 0 Å². The van der Waals surface area contributed by atoms with Crippen molar-refractivity contribution in [3.8, 4) is 5.75 Å². The van der Waals surface area contributed by atoms with Gasteiger partial charge in [-0.15, -0.1) is 0 Å². The minimum Gasteiger partial charge on any atom is -0.497 e. The molecule has 4 aromatic carbocycles. The molecule has 23 nitrogen and oxygen atoms in total. The zero-order valence-corrected chi connectivity index (χ0v) is 59.2. The first-order valence-corrected chi connectivity index (χ1v) is 35.9. The van der Waals surface area contributed by atoms with Gasteiger partial charge in [0.05, 0.1) is 18.2 Å². The van der Waals surface area contributed by atoms with Gasteiger partial charge >= 0.3 is 0 Å². The number of likely N-dealkylation sites (tertiary alicyclic amines) is 2. The SMILES string of the molecule is COc1cccc(CCN2C(=O)CC3[C@H](C[N+](=O)[O-])[C@@H](C)CC32O)c1.Cc1cc2c(cc1C)[C@@]13C[C@H](C)[C@@H](C[N+](=O)[O-])C1CC(=O)N3CCC2.Cc1ccc(CCCN2C(=O)CC3[C@H](C[N+](=O)[O-])[C@@H](C)CC32O)cc1C.Cc1ccc2c(c1)CCN1C(=O)C[C@H]3[C@H](C[N+](=O)[O-])[C@@H](C)C[C@]231. The third kappa shape index (κ3) is 13.4. The van der Waals surface area contributed by atoms with Crippen LogP contribution in [0.1, 0.15) is 153 Å². The summed E-state index contributed by atoms with van der Waals surface area (Å²) < 4.78 is 5.21. The molecule has 0 bridgehead atoms. The molecule has 0 radical (unpaired) electrons. The van der Waals surface area contributed by atoms with E-state index < -0.39 is 11.4 Å². The Labute approximate surface area is 580 Å². The normalized spacial score (nSPS) is 32.6. The molecule has 4 amide bonds. The van der Waals surface area contributed by atoms with Gasteiger partial charge in [-0.05, 0) is 190 Å². The standard InChI is InChI=1S/C20H28N2O4.C20H26N2O3.C18H24N2O5.C18H22N2O3/c1-13-6-7-16(9-14(13)2)5-4-8-21-19(23)10-18-17(12-22(25)26)15(3)11-20(18,21)24;1-12-7-15-5-4-6-21-19(23)9-18-16(11-22(24)25)14(3)10-20(18,21)17(15)8-13(12)2;1-12-10-18(22)16(15(12)11-20(23)24)9-17(21)19(18)7-6-13-4-3-5-14(8-13)25-2;1-11-3-4-15-13(7-11)5-6-19-17(21)8-16-14(10-20(22)23)12(2)9-18(15,16)19/h6-7,9,15,17-18,24H,4-5,8,10-12H2,1-3H3;7-8,14,16,18H,4-6,9-11H2,1-3H3;3-5,8,12,15-16,22H,6-7,9-11H2,1-2H3;3-4,7,12,14,16H,5-6,8-10H2,1-2H3/t15-,17+,18?,20?;14-,16+,18?,20-;12-,15+,16?,18?;12-,14+,16-,18-/m0000/s1. The zero-order chi connectivity index (χ0) is 71.5. The Balaban J connectivity index is 0.000000133. The summed E-state index contributed by atoms with van der Waals surface area (Å²) in [7, 11) is 1.60. The summed E-state index contributed by atoms with van der Waals surface area (Å²) >= 11 is 0. The first-order chi connectivity index (χ1) is 46.8. The number of ether oxygens (including phenoxy) is 1. The Morgan fingerprint density at radius 2 is 0.949 bits per heavy atom. The van der Waals surface area contributed by atoms with E-state index in [1.165, 1.54) is 60.5 Å². The van der Waals surface area contributed by atoms with Crippen molar-refractivity contribution in [1.29, 1.82) is 0 Å². The number of nitrogens with zero attached hydrogens (tertiary/aromatic N) is 8. The Morgan fingerprint density at radius 1 is 0.485 bits per heavy atom. The van der Waals surface area contributed by atoms with Crippen LogP contribution in [0, 0.1) is 146 Å². The molecule has 16 atom stereocenters. The molecule has 4 aromatic rings. The summed E-state index contributed by atoms with van der Waals surface area (Å²) in [5.74, 6) is 0.496. The van der Waals surface area contributed by atoms with Gasteiger partial charge in [0.25, 0.3) is 0 Å². The van der Waals surface area contributed by atoms with E-state index in [0.717, 1.165) is 69.3 Å². The topological polar surface area (TPSA) is 303 Å². The van der Waals surface area contributed by atoms with E-state index >= 15 is 0 Å². The van der Waals surface area contributed by atoms with Crippen LogP contribution in [0.5, 0.6) is 5.75 Å². The molecule has 6 heterocycles. The van der Waals surface area contributed by atoms with Crippen LogP contribution in [0.2, 0.25) is 0 Å². The lowest BCUT2D eigenvalue weighted by atomic mass is 9.74. The van der Waals surface area contributed by atoms with Crippen molar-refractivity contribution in [2.24, 2.45) is 71.0 Å². The first kappa shape index (κ1) is 72.3. The van der Waals surface area contributed by atoms with Gasteiger partial charge in [-0.2, -0.15) is 0 Å². The lowest BCUT2D eigenvalue weighted by Crippen LogP contribution is -2.49. The van der Waals surface area contributed by atoms with Crippen LogP contribution in [-0.4, -0.2) is 144 Å². The van der Waals surface area contributed by atoms with Gasteiger partial charge in [-0.25, -0.2) is 0 Å². The second-order valence-corrected chi connectivity index (χ2v) is 31.2. The molecule has 14 rings (SSSR count). The van der Waals surface area contributed by atoms with Crippen LogP contribution in [0.15, 0.2) is 72.8 Å². The molecular formula is C76H100N8O15. The number of amides is 4. The van der Waals surface area contributed by atoms with Gasteiger partial charge in [0.2, 0.25) is 49.8 Å². The van der Waals surface area contributed by atoms with Gasteiger partial charge < -0.3 is 34.5 Å². The Kier molecular flexibility index (Phi) is 20.6. The second kappa shape index (κ2) is 28.2. The first-order valence-electron chi connectivity index (χ1n) is 35.9. The third-order valence-electron chi connectivity index (χ3n) is 25.6. The molecule has 4 saturated heterocycles. The summed E-state index contributed by atoms with van der Waals surface area (Å²) in [6, 6.07) is 25.1. The summed E-state index contributed by atoms with van der Waals surface area (Å²) in [4.78, 5) is 101. The van der Waals surface area contributed by atoms with Crippen LogP contribution in [0.3, 0.4) is 0 Å². The molecular weight excluding hydrogens is 1260 g/mol. The van der Waals surface area contributed by atoms with Crippen molar-refractivity contribution in [3.63, 3.8) is 0 Å². The number of carbonyl (C=O) groups is 4. The second-order valence-electron chi connectivity index (χ2n) is 31.2. The number of nitro groups is 4. The number of methoxy groups -OCH3 is 1. The van der Waals surface area contributed by atoms with Crippen LogP contribution in [0.4, 0.5) is 0 Å². The fourth-order valence-corrected chi connectivity index (χ4v) is 20.8. The number of rotatable bonds is 16. The molecule has 0 aromatic heterocycles. The van der Waals surface area contributed by atoms with Gasteiger partial charge in [0, 0.05) is 119 Å². The maximum absolute atomic E-state index is 12.8. The van der Waals surface area contributed by atoms with E-state index in [-0.39, 0.29) is 164 Å². The number of hydrogen-bond acceptors (Lipinski definition) is 15. The summed E-state index contributed by atoms with van der Waals surface area (Å²) in [5.41, 5.74) is 10.7. The minimum atomic E-state index is -1.25. The molecule has 2 N–H and O–H groups in total. The van der Waals surface area contributed by atoms with Crippen molar-refractivity contribution < 1.29 is 53.8 Å². The van der Waals surface area contributed by atoms with Crippen LogP contribution >= 0.6 is 0 Å². The number of benzene rings is 4. The average molecular weight is 1370 g/mol. The lowest BCUT2D eigenvalue weighted by molar-refractivity contribution is -0.491. The fraction of sp³-hybridized carbons (Fsp3) is 0.632. The number of aliphatic hydroxyl groups is 2. The minimum absolute atomic E-state index is 0.00815. The van der Waals surface area contributed by atoms with E-state index in [9.17, 15) is 69.8 Å². The summed E-state index contributed by atoms with van der Waals surface area (Å²) in [5, 5.41) is 66.6. The molecule has 534 valence electrons. The van der Waals surface area contributed by atoms with E-state index in [2.05, 4.69) is 102 Å². The Morgan fingerprint density at radius 3 is 1.48 bits per heavy atom. The largest absolute Gasteiger partial charge is 0.497 e. The predicted octanol–water partition coefficient (Wildman–Crippen LogP) is 10.2. The van der Waals surface area contributed by atoms with Gasteiger partial charge in [-0.1, -0.05) is 93.9 Å². The summed E-state index contributed by atoms with van der Waals surface area (Å²) in [6.45, 7) is 20.7. The van der Waals surface area contributed by atoms with Crippen molar-refractivity contribution in [3.05, 3.63) is 174 Å². The quantitative estimate of drug-likeness (QED) is 0.0778. The van der Waals surface area contributed by atoms with Crippen LogP contribution < -0.4 is 4.74 Å². The maximum atomic E-state index is 12.8. The van der Waals surface area contributed by atoms with Crippen molar-refractivity contribution >= 4 is 23.6 Å². The number of hydrogen-bond donors (Lipinski definition) is 2. The number of aryl methyl sites for hydroxylation is 7. The van der Waals surface area contributed by atoms with Crippen molar-refractivity contribution in [2.45, 2.75) is 175 Å². The molecule has 23 heteroatoms. The molecule has 99 heavy (non-hydrogen) atoms. The van der Waals surface area contributed by atoms with Gasteiger partial charge in [0.1, 0.15) is 17.2 Å². The lowest BCUT2D eigenvalue weighted by Gasteiger charge is -2.44. The summed E-state index contributed by atoms with van der Waals surface area (Å²) in [6.07, 6.45) is 8.99. The highest BCUT2D eigenvalue weighted by Crippen LogP contribution is 2.63. The molecule has 4 saturated carbocycles. The smallest absolute Gasteiger partial charge is 0.225 e. The third-order valence-corrected chi connectivity index (χ3v) is 25.6. The molecule has 8 fully saturated rings. The fourth-order valence-electron chi connectivity index (χ4n) is 20.8. The van der Waals surface area contributed by atoms with Gasteiger partial charge in [0.15, 0.2) is 0 Å². The maximum Gasteiger partial charge on any atom is 0.225 e. The highest BCUT2D eigenvalue weighted by Gasteiger charge is 2.67. The van der Waals surface area contributed by atoms with E-state index in [0.29, 0.717) is 45.2 Å². The van der Waals surface area contributed by atoms with E-state index in [1.54, 1.807) is 12.0 Å². The van der Waals surface area contributed by atoms with E-state index in [1.807, 2.05) is 43.0 Å². The van der Waals surface area contributed by atoms with Crippen molar-refractivity contribution in [1.82, 2.24) is 19.6 Å². The molecule has 10 aliphatic rings. The Bertz CT molecular complexity index is 3830. The molecule has 4 aliphatic carbocycles. The molecule has 6 aliphatic heterocycles. The molecule has 2 spiro atoms. The number of fused-ring (bicyclic) bond motifs is 4. The highest BCUT2D eigenvalue weighted by molar-refractivity contribution is 5.83. The van der Waals surface area contributed by atoms with Crippen molar-refractivity contribution in [2.75, 3.05) is 59.5 Å². The van der Waals surface area contributed by atoms with E-state index in [4.69, 9.17) is 4.74 Å². The monoisotopic (exact) mass is 1360 g/mol. The zero-order valence-electron chi connectivity index (χ0n) is 59.2. The Hall–Kier alpha value is -7.92. The molecule has 5 unspecified atom stereocenters. The van der Waals surface area contributed by atoms with Gasteiger partial charge in [-0.3, -0.25) is 59.6 Å². The predicted molar refractivity (Wildman–Crippen MR) is 369 cm³/mol. The average Bonchev–Trinajstić information content (AvgIpc) is 1.55.